The van der Waals surface area contributed by atoms with Crippen molar-refractivity contribution in [2.75, 3.05) is 5.32 Å². The predicted octanol–water partition coefficient (Wildman–Crippen LogP) is 4.41. The van der Waals surface area contributed by atoms with E-state index in [9.17, 15) is 9.59 Å². The zero-order valence-electron chi connectivity index (χ0n) is 16.4. The maximum atomic E-state index is 13.0. The highest BCUT2D eigenvalue weighted by molar-refractivity contribution is 7.14. The Bertz CT molecular complexity index is 1290. The van der Waals surface area contributed by atoms with Crippen molar-refractivity contribution < 1.29 is 4.79 Å². The topological polar surface area (TPSA) is 76.9 Å². The lowest BCUT2D eigenvalue weighted by atomic mass is 10.0. The molecule has 2 aromatic heterocycles. The van der Waals surface area contributed by atoms with E-state index in [0.29, 0.717) is 22.4 Å². The summed E-state index contributed by atoms with van der Waals surface area (Å²) in [6, 6.07) is 13.2. The van der Waals surface area contributed by atoms with Crippen LogP contribution in [0.3, 0.4) is 0 Å². The van der Waals surface area contributed by atoms with Crippen molar-refractivity contribution >= 4 is 33.1 Å². The number of hydrogen-bond donors (Lipinski definition) is 1. The molecule has 0 spiro atoms. The summed E-state index contributed by atoms with van der Waals surface area (Å²) in [6.45, 7) is 6.29. The standard InChI is InChI=1S/C22H20N4O2S/c1-4-26-21(28)16-8-6-5-7-15(16)19(25-26)20(27)24-22-23-18(12-29-22)17-11-13(2)9-10-14(17)3/h5-12H,4H2,1-3H3,(H,23,24,27). The first-order valence-electron chi connectivity index (χ1n) is 9.32. The summed E-state index contributed by atoms with van der Waals surface area (Å²) in [6.07, 6.45) is 0. The van der Waals surface area contributed by atoms with E-state index >= 15 is 0 Å². The fourth-order valence-corrected chi connectivity index (χ4v) is 3.95. The Kier molecular flexibility index (Phi) is 4.98. The first kappa shape index (κ1) is 19.0. The van der Waals surface area contributed by atoms with Crippen LogP contribution in [-0.2, 0) is 6.54 Å². The van der Waals surface area contributed by atoms with Gasteiger partial charge in [0.2, 0.25) is 0 Å². The number of nitrogens with zero attached hydrogens (tertiary/aromatic N) is 3. The number of rotatable bonds is 4. The van der Waals surface area contributed by atoms with Gasteiger partial charge < -0.3 is 0 Å². The van der Waals surface area contributed by atoms with Crippen molar-refractivity contribution in [3.63, 3.8) is 0 Å². The fraction of sp³-hybridized carbons (Fsp3) is 0.182. The summed E-state index contributed by atoms with van der Waals surface area (Å²) in [5.41, 5.74) is 4.16. The molecule has 0 saturated carbocycles. The Labute approximate surface area is 171 Å². The van der Waals surface area contributed by atoms with E-state index in [1.54, 1.807) is 24.3 Å². The third-order valence-electron chi connectivity index (χ3n) is 4.78. The van der Waals surface area contributed by atoms with E-state index < -0.39 is 0 Å². The quantitative estimate of drug-likeness (QED) is 0.547. The van der Waals surface area contributed by atoms with Crippen LogP contribution in [0, 0.1) is 13.8 Å². The van der Waals surface area contributed by atoms with Gasteiger partial charge in [0.1, 0.15) is 0 Å². The molecule has 0 saturated heterocycles. The smallest absolute Gasteiger partial charge is 0.278 e. The molecule has 0 aliphatic carbocycles. The largest absolute Gasteiger partial charge is 0.296 e. The molecular weight excluding hydrogens is 384 g/mol. The number of thiazole rings is 1. The van der Waals surface area contributed by atoms with Gasteiger partial charge in [0.25, 0.3) is 11.5 Å². The van der Waals surface area contributed by atoms with Crippen molar-refractivity contribution in [3.05, 3.63) is 75.0 Å². The third-order valence-corrected chi connectivity index (χ3v) is 5.53. The summed E-state index contributed by atoms with van der Waals surface area (Å²) in [4.78, 5) is 30.0. The number of fused-ring (bicyclic) bond motifs is 1. The van der Waals surface area contributed by atoms with E-state index in [1.807, 2.05) is 26.2 Å². The van der Waals surface area contributed by atoms with Gasteiger partial charge in [-0.05, 0) is 38.5 Å². The number of amides is 1. The average molecular weight is 404 g/mol. The van der Waals surface area contributed by atoms with Crippen LogP contribution in [0.2, 0.25) is 0 Å². The Morgan fingerprint density at radius 2 is 1.90 bits per heavy atom. The normalized spacial score (nSPS) is 11.0. The lowest BCUT2D eigenvalue weighted by molar-refractivity contribution is 0.102. The minimum absolute atomic E-state index is 0.203. The molecule has 2 heterocycles. The molecule has 0 aliphatic heterocycles. The Hall–Kier alpha value is -3.32. The lowest BCUT2D eigenvalue weighted by Gasteiger charge is -2.09. The van der Waals surface area contributed by atoms with Crippen LogP contribution >= 0.6 is 11.3 Å². The minimum atomic E-state index is -0.384. The molecule has 4 rings (SSSR count). The fourth-order valence-electron chi connectivity index (χ4n) is 3.24. The molecule has 29 heavy (non-hydrogen) atoms. The number of aryl methyl sites for hydroxylation is 3. The summed E-state index contributed by atoms with van der Waals surface area (Å²) < 4.78 is 1.31. The zero-order valence-corrected chi connectivity index (χ0v) is 17.2. The van der Waals surface area contributed by atoms with Gasteiger partial charge in [0, 0.05) is 22.9 Å². The number of carbonyl (C=O) groups is 1. The van der Waals surface area contributed by atoms with Gasteiger partial charge in [0.05, 0.1) is 11.1 Å². The van der Waals surface area contributed by atoms with Crippen molar-refractivity contribution in [3.8, 4) is 11.3 Å². The molecule has 1 N–H and O–H groups in total. The van der Waals surface area contributed by atoms with Crippen LogP contribution in [0.1, 0.15) is 28.5 Å². The second-order valence-electron chi connectivity index (χ2n) is 6.83. The molecule has 0 radical (unpaired) electrons. The van der Waals surface area contributed by atoms with E-state index in [2.05, 4.69) is 33.6 Å². The maximum absolute atomic E-state index is 13.0. The summed E-state index contributed by atoms with van der Waals surface area (Å²) in [5, 5.41) is 10.5. The number of aromatic nitrogens is 3. The van der Waals surface area contributed by atoms with Crippen molar-refractivity contribution in [2.45, 2.75) is 27.3 Å². The Morgan fingerprint density at radius 3 is 2.66 bits per heavy atom. The van der Waals surface area contributed by atoms with Crippen LogP contribution in [0.15, 0.2) is 52.6 Å². The minimum Gasteiger partial charge on any atom is -0.296 e. The zero-order chi connectivity index (χ0) is 20.5. The van der Waals surface area contributed by atoms with Gasteiger partial charge in [-0.1, -0.05) is 35.9 Å². The molecule has 0 fully saturated rings. The van der Waals surface area contributed by atoms with Crippen LogP contribution in [0.4, 0.5) is 5.13 Å². The van der Waals surface area contributed by atoms with Gasteiger partial charge in [-0.15, -0.1) is 11.3 Å². The molecule has 6 nitrogen and oxygen atoms in total. The Balaban J connectivity index is 1.69. The number of carbonyl (C=O) groups excluding carboxylic acids is 1. The van der Waals surface area contributed by atoms with Gasteiger partial charge in [-0.25, -0.2) is 9.67 Å². The highest BCUT2D eigenvalue weighted by Gasteiger charge is 2.18. The number of nitrogens with one attached hydrogen (secondary N) is 1. The van der Waals surface area contributed by atoms with Crippen molar-refractivity contribution in [1.29, 1.82) is 0 Å². The molecule has 0 unspecified atom stereocenters. The molecule has 7 heteroatoms. The van der Waals surface area contributed by atoms with Crippen LogP contribution in [-0.4, -0.2) is 20.7 Å². The van der Waals surface area contributed by atoms with Gasteiger partial charge in [-0.2, -0.15) is 5.10 Å². The average Bonchev–Trinajstić information content (AvgIpc) is 3.18. The number of benzene rings is 2. The maximum Gasteiger partial charge on any atom is 0.278 e. The summed E-state index contributed by atoms with van der Waals surface area (Å²) in [5.74, 6) is -0.384. The second kappa shape index (κ2) is 7.60. The number of anilines is 1. The van der Waals surface area contributed by atoms with Gasteiger partial charge in [0.15, 0.2) is 10.8 Å². The molecule has 0 aliphatic rings. The Morgan fingerprint density at radius 1 is 1.14 bits per heavy atom. The van der Waals surface area contributed by atoms with Crippen LogP contribution < -0.4 is 10.9 Å². The van der Waals surface area contributed by atoms with Crippen molar-refractivity contribution in [2.24, 2.45) is 0 Å². The highest BCUT2D eigenvalue weighted by atomic mass is 32.1. The van der Waals surface area contributed by atoms with E-state index in [-0.39, 0.29) is 17.2 Å². The summed E-state index contributed by atoms with van der Waals surface area (Å²) in [7, 11) is 0. The van der Waals surface area contributed by atoms with Crippen LogP contribution in [0.5, 0.6) is 0 Å². The summed E-state index contributed by atoms with van der Waals surface area (Å²) >= 11 is 1.36. The molecular formula is C22H20N4O2S. The molecule has 0 bridgehead atoms. The first-order valence-corrected chi connectivity index (χ1v) is 10.2. The first-order chi connectivity index (χ1) is 14.0. The SMILES string of the molecule is CCn1nc(C(=O)Nc2nc(-c3cc(C)ccc3C)cs2)c2ccccc2c1=O. The molecule has 1 amide bonds. The van der Waals surface area contributed by atoms with Gasteiger partial charge in [-0.3, -0.25) is 14.9 Å². The van der Waals surface area contributed by atoms with E-state index in [1.165, 1.54) is 16.0 Å². The van der Waals surface area contributed by atoms with E-state index in [0.717, 1.165) is 22.4 Å². The lowest BCUT2D eigenvalue weighted by Crippen LogP contribution is -2.27. The third kappa shape index (κ3) is 3.56. The van der Waals surface area contributed by atoms with Crippen molar-refractivity contribution in [1.82, 2.24) is 14.8 Å². The number of hydrogen-bond acceptors (Lipinski definition) is 5. The van der Waals surface area contributed by atoms with Gasteiger partial charge >= 0.3 is 0 Å². The molecule has 4 aromatic rings. The van der Waals surface area contributed by atoms with E-state index in [4.69, 9.17) is 0 Å². The van der Waals surface area contributed by atoms with Crippen LogP contribution in [0.25, 0.3) is 22.0 Å². The second-order valence-corrected chi connectivity index (χ2v) is 7.68. The predicted molar refractivity (Wildman–Crippen MR) is 117 cm³/mol. The molecule has 0 atom stereocenters. The highest BCUT2D eigenvalue weighted by Crippen LogP contribution is 2.28. The molecule has 2 aromatic carbocycles. The monoisotopic (exact) mass is 404 g/mol. The molecule has 146 valence electrons.